The Labute approximate surface area is 167 Å². The van der Waals surface area contributed by atoms with Gasteiger partial charge in [-0.15, -0.1) is 0 Å². The summed E-state index contributed by atoms with van der Waals surface area (Å²) in [5.41, 5.74) is 0.169. The Morgan fingerprint density at radius 3 is 2.43 bits per heavy atom. The van der Waals surface area contributed by atoms with Crippen molar-refractivity contribution in [1.82, 2.24) is 9.88 Å². The Hall–Kier alpha value is -3.40. The van der Waals surface area contributed by atoms with Crippen LogP contribution < -0.4 is 10.9 Å². The number of carbonyl (C=O) groups is 1. The molecule has 0 unspecified atom stereocenters. The van der Waals surface area contributed by atoms with Crippen molar-refractivity contribution in [2.24, 2.45) is 0 Å². The summed E-state index contributed by atoms with van der Waals surface area (Å²) < 4.78 is 59.5. The number of amides is 2. The lowest BCUT2D eigenvalue weighted by Gasteiger charge is -2.33. The van der Waals surface area contributed by atoms with Gasteiger partial charge in [0.15, 0.2) is 23.3 Å². The smallest absolute Gasteiger partial charge is 0.322 e. The number of anilines is 1. The number of fused-ring (bicyclic) bond motifs is 3. The Bertz CT molecular complexity index is 1230. The second-order valence-electron chi connectivity index (χ2n) is 6.86. The molecule has 2 N–H and O–H groups in total. The van der Waals surface area contributed by atoms with Gasteiger partial charge >= 0.3 is 6.03 Å². The molecule has 10 heteroatoms. The number of nitrogens with one attached hydrogen (secondary N) is 2. The molecule has 1 atom stereocenters. The molecule has 1 aromatic heterocycles. The van der Waals surface area contributed by atoms with Crippen LogP contribution in [-0.4, -0.2) is 29.6 Å². The zero-order valence-electron chi connectivity index (χ0n) is 15.6. The number of likely N-dealkylation sites (N-methyl/N-ethyl adjacent to an activating group) is 1. The number of H-pyrrole nitrogens is 1. The van der Waals surface area contributed by atoms with Crippen molar-refractivity contribution < 1.29 is 27.1 Å². The van der Waals surface area contributed by atoms with Crippen molar-refractivity contribution in [2.75, 3.05) is 19.0 Å². The van der Waals surface area contributed by atoms with E-state index in [-0.39, 0.29) is 29.7 Å². The summed E-state index contributed by atoms with van der Waals surface area (Å²) in [6.45, 7) is 0.0451. The topological polar surface area (TPSA) is 74.4 Å². The average molecular weight is 421 g/mol. The van der Waals surface area contributed by atoms with Gasteiger partial charge < -0.3 is 19.9 Å². The van der Waals surface area contributed by atoms with E-state index in [1.54, 1.807) is 0 Å². The summed E-state index contributed by atoms with van der Waals surface area (Å²) in [7, 11) is 1.43. The second-order valence-corrected chi connectivity index (χ2v) is 6.86. The van der Waals surface area contributed by atoms with Gasteiger partial charge in [0.2, 0.25) is 0 Å². The summed E-state index contributed by atoms with van der Waals surface area (Å²) in [6.07, 6.45) is 0. The van der Waals surface area contributed by atoms with Crippen molar-refractivity contribution in [3.8, 4) is 0 Å². The maximum absolute atomic E-state index is 13.9. The molecule has 0 aliphatic carbocycles. The monoisotopic (exact) mass is 421 g/mol. The number of pyridine rings is 1. The maximum Gasteiger partial charge on any atom is 0.322 e. The minimum absolute atomic E-state index is 0.0225. The first kappa shape index (κ1) is 19.9. The second kappa shape index (κ2) is 7.45. The van der Waals surface area contributed by atoms with E-state index in [0.717, 1.165) is 24.3 Å². The van der Waals surface area contributed by atoms with Crippen molar-refractivity contribution >= 4 is 22.5 Å². The molecule has 4 rings (SSSR count). The molecule has 0 bridgehead atoms. The summed E-state index contributed by atoms with van der Waals surface area (Å²) in [5.74, 6) is -4.47. The van der Waals surface area contributed by atoms with E-state index in [0.29, 0.717) is 11.3 Å². The SMILES string of the molecule is CN(C(=O)Nc1ccc(F)c(F)c1)[C@@H]1COCc2[nH]c(=O)c3cc(F)c(F)cc3c21. The highest BCUT2D eigenvalue weighted by atomic mass is 19.2. The number of benzene rings is 2. The summed E-state index contributed by atoms with van der Waals surface area (Å²) in [4.78, 5) is 28.8. The van der Waals surface area contributed by atoms with Crippen LogP contribution in [0.3, 0.4) is 0 Å². The zero-order valence-corrected chi connectivity index (χ0v) is 15.6. The molecule has 1 aliphatic heterocycles. The fourth-order valence-electron chi connectivity index (χ4n) is 3.47. The number of nitrogens with zero attached hydrogens (tertiary/aromatic N) is 1. The first-order valence-electron chi connectivity index (χ1n) is 8.86. The van der Waals surface area contributed by atoms with E-state index in [1.165, 1.54) is 18.0 Å². The highest BCUT2D eigenvalue weighted by Gasteiger charge is 2.31. The van der Waals surface area contributed by atoms with Crippen molar-refractivity contribution in [1.29, 1.82) is 0 Å². The van der Waals surface area contributed by atoms with Crippen molar-refractivity contribution in [2.45, 2.75) is 12.6 Å². The van der Waals surface area contributed by atoms with Gasteiger partial charge in [-0.05, 0) is 29.7 Å². The highest BCUT2D eigenvalue weighted by molar-refractivity contribution is 5.91. The standard InChI is InChI=1S/C20H15F4N3O3/c1-27(20(29)25-9-2-3-12(21)13(22)4-9)17-8-30-7-16-18(17)10-5-14(23)15(24)6-11(10)19(28)26-16/h2-6,17H,7-8H2,1H3,(H,25,29)(H,26,28)/t17-/m1/s1. The summed E-state index contributed by atoms with van der Waals surface area (Å²) in [5, 5.41) is 2.54. The molecular weight excluding hydrogens is 406 g/mol. The molecule has 0 saturated heterocycles. The third-order valence-corrected chi connectivity index (χ3v) is 5.00. The number of aromatic nitrogens is 1. The van der Waals surface area contributed by atoms with Gasteiger partial charge in [0.25, 0.3) is 5.56 Å². The Balaban J connectivity index is 1.73. The molecule has 2 amide bonds. The van der Waals surface area contributed by atoms with Crippen LogP contribution in [0, 0.1) is 23.3 Å². The normalized spacial score (nSPS) is 15.7. The van der Waals surface area contributed by atoms with Crippen molar-refractivity contribution in [3.63, 3.8) is 0 Å². The molecular formula is C20H15F4N3O3. The molecule has 0 spiro atoms. The van der Waals surface area contributed by atoms with E-state index < -0.39 is 40.9 Å². The Kier molecular flexibility index (Phi) is 4.94. The van der Waals surface area contributed by atoms with Gasteiger partial charge in [0, 0.05) is 30.1 Å². The maximum atomic E-state index is 13.9. The summed E-state index contributed by atoms with van der Waals surface area (Å²) in [6, 6.07) is 3.18. The van der Waals surface area contributed by atoms with Crippen LogP contribution >= 0.6 is 0 Å². The van der Waals surface area contributed by atoms with Gasteiger partial charge in [-0.1, -0.05) is 0 Å². The van der Waals surface area contributed by atoms with Crippen LogP contribution in [0.2, 0.25) is 0 Å². The molecule has 2 aromatic carbocycles. The lowest BCUT2D eigenvalue weighted by Crippen LogP contribution is -2.39. The molecule has 30 heavy (non-hydrogen) atoms. The molecule has 0 radical (unpaired) electrons. The lowest BCUT2D eigenvalue weighted by molar-refractivity contribution is 0.0527. The third-order valence-electron chi connectivity index (χ3n) is 5.00. The Morgan fingerprint density at radius 1 is 1.07 bits per heavy atom. The van der Waals surface area contributed by atoms with E-state index in [2.05, 4.69) is 10.3 Å². The van der Waals surface area contributed by atoms with E-state index in [1.807, 2.05) is 0 Å². The fourth-order valence-corrected chi connectivity index (χ4v) is 3.47. The number of urea groups is 1. The number of hydrogen-bond donors (Lipinski definition) is 2. The molecule has 2 heterocycles. The fraction of sp³-hybridized carbons (Fsp3) is 0.200. The van der Waals surface area contributed by atoms with E-state index in [9.17, 15) is 27.2 Å². The molecule has 0 saturated carbocycles. The number of carbonyl (C=O) groups excluding carboxylic acids is 1. The van der Waals surface area contributed by atoms with Crippen LogP contribution in [0.1, 0.15) is 17.3 Å². The number of rotatable bonds is 2. The van der Waals surface area contributed by atoms with Gasteiger partial charge in [-0.25, -0.2) is 22.4 Å². The van der Waals surface area contributed by atoms with Crippen LogP contribution in [0.4, 0.5) is 28.0 Å². The van der Waals surface area contributed by atoms with Crippen LogP contribution in [0.5, 0.6) is 0 Å². The number of halogens is 4. The van der Waals surface area contributed by atoms with E-state index in [4.69, 9.17) is 4.74 Å². The highest BCUT2D eigenvalue weighted by Crippen LogP contribution is 2.33. The molecule has 3 aromatic rings. The molecule has 156 valence electrons. The molecule has 0 fully saturated rings. The minimum Gasteiger partial charge on any atom is -0.373 e. The first-order valence-corrected chi connectivity index (χ1v) is 8.86. The average Bonchev–Trinajstić information content (AvgIpc) is 2.71. The van der Waals surface area contributed by atoms with Gasteiger partial charge in [0.1, 0.15) is 0 Å². The molecule has 1 aliphatic rings. The zero-order chi connectivity index (χ0) is 21.6. The van der Waals surface area contributed by atoms with Gasteiger partial charge in [0.05, 0.1) is 24.6 Å². The minimum atomic E-state index is -1.17. The lowest BCUT2D eigenvalue weighted by atomic mass is 9.95. The summed E-state index contributed by atoms with van der Waals surface area (Å²) >= 11 is 0. The van der Waals surface area contributed by atoms with Crippen LogP contribution in [0.15, 0.2) is 35.1 Å². The van der Waals surface area contributed by atoms with Gasteiger partial charge in [-0.3, -0.25) is 4.79 Å². The third kappa shape index (κ3) is 3.39. The first-order chi connectivity index (χ1) is 14.3. The largest absolute Gasteiger partial charge is 0.373 e. The van der Waals surface area contributed by atoms with Crippen LogP contribution in [-0.2, 0) is 11.3 Å². The van der Waals surface area contributed by atoms with Crippen LogP contribution in [0.25, 0.3) is 10.8 Å². The number of aromatic amines is 1. The molecule has 6 nitrogen and oxygen atoms in total. The predicted octanol–water partition coefficient (Wildman–Crippen LogP) is 3.82. The Morgan fingerprint density at radius 2 is 1.73 bits per heavy atom. The van der Waals surface area contributed by atoms with Gasteiger partial charge in [-0.2, -0.15) is 0 Å². The number of hydrogen-bond acceptors (Lipinski definition) is 3. The predicted molar refractivity (Wildman–Crippen MR) is 100 cm³/mol. The quantitative estimate of drug-likeness (QED) is 0.618. The number of ether oxygens (including phenoxy) is 1. The van der Waals surface area contributed by atoms with Crippen molar-refractivity contribution in [3.05, 3.63) is 75.2 Å². The van der Waals surface area contributed by atoms with E-state index >= 15 is 0 Å².